The normalized spacial score (nSPS) is 18.4. The Labute approximate surface area is 140 Å². The van der Waals surface area contributed by atoms with Gasteiger partial charge in [-0.15, -0.1) is 0 Å². The molecule has 1 aliphatic carbocycles. The van der Waals surface area contributed by atoms with Crippen molar-refractivity contribution in [3.63, 3.8) is 0 Å². The first-order valence-electron chi connectivity index (χ1n) is 9.24. The Morgan fingerprint density at radius 1 is 1.09 bits per heavy atom. The van der Waals surface area contributed by atoms with Crippen molar-refractivity contribution >= 4 is 8.72 Å². The first-order valence-corrected chi connectivity index (χ1v) is 11.0. The molecular formula is C18H39NO2Si. The van der Waals surface area contributed by atoms with Crippen molar-refractivity contribution in [1.82, 2.24) is 4.57 Å². The van der Waals surface area contributed by atoms with Crippen LogP contribution in [0, 0.1) is 5.92 Å². The molecule has 0 bridgehead atoms. The molecule has 0 N–H and O–H groups in total. The lowest BCUT2D eigenvalue weighted by Gasteiger charge is -2.52. The molecule has 0 atom stereocenters. The summed E-state index contributed by atoms with van der Waals surface area (Å²) in [6.07, 6.45) is 9.16. The number of rotatable bonds is 9. The monoisotopic (exact) mass is 329 g/mol. The van der Waals surface area contributed by atoms with Crippen molar-refractivity contribution in [2.75, 3.05) is 20.8 Å². The summed E-state index contributed by atoms with van der Waals surface area (Å²) < 4.78 is 15.2. The second-order valence-corrected chi connectivity index (χ2v) is 11.5. The average Bonchev–Trinajstić information content (AvgIpc) is 2.52. The summed E-state index contributed by atoms with van der Waals surface area (Å²) in [5, 5.41) is 0.0572. The fraction of sp³-hybridized carbons (Fsp3) is 1.00. The van der Waals surface area contributed by atoms with E-state index in [0.717, 1.165) is 6.54 Å². The molecule has 0 radical (unpaired) electrons. The average molecular weight is 330 g/mol. The van der Waals surface area contributed by atoms with Crippen LogP contribution in [-0.2, 0) is 8.85 Å². The van der Waals surface area contributed by atoms with E-state index in [9.17, 15) is 0 Å². The molecule has 0 unspecified atom stereocenters. The van der Waals surface area contributed by atoms with Crippen molar-refractivity contribution in [2.24, 2.45) is 5.92 Å². The highest BCUT2D eigenvalue weighted by Crippen LogP contribution is 2.48. The zero-order valence-corrected chi connectivity index (χ0v) is 17.1. The van der Waals surface area contributed by atoms with E-state index in [-0.39, 0.29) is 5.04 Å². The summed E-state index contributed by atoms with van der Waals surface area (Å²) >= 11 is 0. The Morgan fingerprint density at radius 3 is 2.05 bits per heavy atom. The Balaban J connectivity index is 3.17. The van der Waals surface area contributed by atoms with E-state index in [1.165, 1.54) is 44.9 Å². The quantitative estimate of drug-likeness (QED) is 0.550. The van der Waals surface area contributed by atoms with Crippen LogP contribution in [0.2, 0.25) is 5.04 Å². The van der Waals surface area contributed by atoms with Crippen LogP contribution in [0.4, 0.5) is 0 Å². The van der Waals surface area contributed by atoms with Gasteiger partial charge in [0.15, 0.2) is 0 Å². The molecule has 0 aromatic rings. The molecule has 0 aromatic heterocycles. The van der Waals surface area contributed by atoms with E-state index < -0.39 is 8.72 Å². The van der Waals surface area contributed by atoms with Crippen molar-refractivity contribution in [2.45, 2.75) is 90.6 Å². The van der Waals surface area contributed by atoms with Crippen LogP contribution in [0.15, 0.2) is 0 Å². The third-order valence-corrected chi connectivity index (χ3v) is 10.6. The van der Waals surface area contributed by atoms with E-state index in [4.69, 9.17) is 8.85 Å². The van der Waals surface area contributed by atoms with Crippen LogP contribution in [0.1, 0.15) is 79.6 Å². The predicted octanol–water partition coefficient (Wildman–Crippen LogP) is 5.09. The smallest absolute Gasteiger partial charge is 0.386 e. The Morgan fingerprint density at radius 2 is 1.64 bits per heavy atom. The molecule has 4 heteroatoms. The summed E-state index contributed by atoms with van der Waals surface area (Å²) in [5.41, 5.74) is 0. The predicted molar refractivity (Wildman–Crippen MR) is 97.1 cm³/mol. The van der Waals surface area contributed by atoms with Gasteiger partial charge in [-0.2, -0.15) is 0 Å². The van der Waals surface area contributed by atoms with Gasteiger partial charge in [-0.25, -0.2) is 0 Å². The molecule has 0 aliphatic heterocycles. The van der Waals surface area contributed by atoms with E-state index in [1.54, 1.807) is 0 Å². The van der Waals surface area contributed by atoms with Gasteiger partial charge < -0.3 is 8.85 Å². The van der Waals surface area contributed by atoms with Crippen LogP contribution >= 0.6 is 0 Å². The molecule has 0 saturated heterocycles. The van der Waals surface area contributed by atoms with Gasteiger partial charge in [-0.1, -0.05) is 60.3 Å². The summed E-state index contributed by atoms with van der Waals surface area (Å²) in [7, 11) is 1.30. The SMILES string of the molecule is CCCCN(C1CCCCC1)[Si](OC)(OC)C(C)(C)C(C)C. The Kier molecular flexibility index (Phi) is 8.07. The standard InChI is InChI=1S/C18H39NO2Si/c1-8-9-15-19(17-13-11-10-12-14-17)22(20-6,21-7)18(4,5)16(2)3/h16-17H,8-15H2,1-7H3. The van der Waals surface area contributed by atoms with Gasteiger partial charge in [0.1, 0.15) is 0 Å². The highest BCUT2D eigenvalue weighted by atomic mass is 28.4. The van der Waals surface area contributed by atoms with Gasteiger partial charge in [0.2, 0.25) is 0 Å². The fourth-order valence-corrected chi connectivity index (χ4v) is 8.22. The summed E-state index contributed by atoms with van der Waals surface area (Å²) in [6, 6.07) is 0.643. The molecule has 0 aromatic carbocycles. The highest BCUT2D eigenvalue weighted by molar-refractivity contribution is 6.67. The van der Waals surface area contributed by atoms with Crippen LogP contribution in [-0.4, -0.2) is 40.1 Å². The van der Waals surface area contributed by atoms with Gasteiger partial charge in [0.25, 0.3) is 0 Å². The first-order chi connectivity index (χ1) is 10.4. The Bertz CT molecular complexity index is 310. The zero-order valence-electron chi connectivity index (χ0n) is 16.1. The number of hydrogen-bond donors (Lipinski definition) is 0. The van der Waals surface area contributed by atoms with E-state index in [1.807, 2.05) is 14.2 Å². The molecule has 1 saturated carbocycles. The second-order valence-electron chi connectivity index (χ2n) is 7.71. The van der Waals surface area contributed by atoms with Crippen molar-refractivity contribution < 1.29 is 8.85 Å². The third kappa shape index (κ3) is 3.95. The number of nitrogens with zero attached hydrogens (tertiary/aromatic N) is 1. The van der Waals surface area contributed by atoms with Gasteiger partial charge in [-0.05, 0) is 31.7 Å². The molecule has 0 spiro atoms. The van der Waals surface area contributed by atoms with E-state index >= 15 is 0 Å². The lowest BCUT2D eigenvalue weighted by Crippen LogP contribution is -2.68. The summed E-state index contributed by atoms with van der Waals surface area (Å²) in [6.45, 7) is 12.7. The van der Waals surface area contributed by atoms with Gasteiger partial charge in [0.05, 0.1) is 0 Å². The van der Waals surface area contributed by atoms with E-state index in [0.29, 0.717) is 12.0 Å². The third-order valence-electron chi connectivity index (χ3n) is 5.96. The van der Waals surface area contributed by atoms with Gasteiger partial charge >= 0.3 is 8.72 Å². The van der Waals surface area contributed by atoms with Crippen LogP contribution < -0.4 is 0 Å². The maximum absolute atomic E-state index is 6.27. The minimum atomic E-state index is -2.45. The second kappa shape index (κ2) is 8.81. The van der Waals surface area contributed by atoms with Gasteiger partial charge in [-0.3, -0.25) is 4.57 Å². The molecule has 0 heterocycles. The topological polar surface area (TPSA) is 21.7 Å². The molecule has 1 fully saturated rings. The maximum Gasteiger partial charge on any atom is 0.433 e. The molecule has 22 heavy (non-hydrogen) atoms. The molecule has 1 rings (SSSR count). The molecule has 132 valence electrons. The highest BCUT2D eigenvalue weighted by Gasteiger charge is 2.59. The largest absolute Gasteiger partial charge is 0.433 e. The Hall–Kier alpha value is 0.0969. The number of hydrogen-bond acceptors (Lipinski definition) is 3. The fourth-order valence-electron chi connectivity index (χ4n) is 3.87. The van der Waals surface area contributed by atoms with Crippen molar-refractivity contribution in [1.29, 1.82) is 0 Å². The molecular weight excluding hydrogens is 290 g/mol. The van der Waals surface area contributed by atoms with Crippen molar-refractivity contribution in [3.8, 4) is 0 Å². The lowest BCUT2D eigenvalue weighted by atomic mass is 9.95. The zero-order chi connectivity index (χ0) is 16.8. The summed E-state index contributed by atoms with van der Waals surface area (Å²) in [4.78, 5) is 0. The maximum atomic E-state index is 6.27. The summed E-state index contributed by atoms with van der Waals surface area (Å²) in [5.74, 6) is 0.534. The van der Waals surface area contributed by atoms with Crippen LogP contribution in [0.5, 0.6) is 0 Å². The lowest BCUT2D eigenvalue weighted by molar-refractivity contribution is 0.0865. The minimum Gasteiger partial charge on any atom is -0.386 e. The minimum absolute atomic E-state index is 0.0572. The van der Waals surface area contributed by atoms with Crippen molar-refractivity contribution in [3.05, 3.63) is 0 Å². The number of unbranched alkanes of at least 4 members (excludes halogenated alkanes) is 1. The van der Waals surface area contributed by atoms with E-state index in [2.05, 4.69) is 39.2 Å². The van der Waals surface area contributed by atoms with Gasteiger partial charge in [0, 0.05) is 25.3 Å². The molecule has 0 amide bonds. The molecule has 1 aliphatic rings. The molecule has 3 nitrogen and oxygen atoms in total. The first kappa shape index (κ1) is 20.1. The van der Waals surface area contributed by atoms with Crippen LogP contribution in [0.3, 0.4) is 0 Å². The van der Waals surface area contributed by atoms with Crippen LogP contribution in [0.25, 0.3) is 0 Å².